The van der Waals surface area contributed by atoms with E-state index in [-0.39, 0.29) is 17.8 Å². The number of nitrogens with one attached hydrogen (secondary N) is 2. The average Bonchev–Trinajstić information content (AvgIpc) is 2.54. The average molecular weight is 345 g/mol. The molecule has 1 fully saturated rings. The van der Waals surface area contributed by atoms with E-state index in [4.69, 9.17) is 0 Å². The molecule has 1 aliphatic heterocycles. The molecule has 0 aliphatic carbocycles. The number of carbonyl (C=O) groups excluding carboxylic acids is 1. The summed E-state index contributed by atoms with van der Waals surface area (Å²) in [5.74, 6) is -0.315. The molecule has 0 aromatic heterocycles. The first-order valence-corrected chi connectivity index (χ1v) is 8.03. The van der Waals surface area contributed by atoms with Crippen LogP contribution in [0.3, 0.4) is 0 Å². The highest BCUT2D eigenvalue weighted by atomic mass is 19.4. The minimum Gasteiger partial charge on any atom is -0.406 e. The maximum absolute atomic E-state index is 12.5. The number of hydrogen-bond donors (Lipinski definition) is 2. The zero-order chi connectivity index (χ0) is 17.6. The molecule has 24 heavy (non-hydrogen) atoms. The number of rotatable bonds is 5. The standard InChI is InChI=1S/C16H22F3N3O2/c1-2-11-22(13-7-9-20-10-8-13)15(23)21-12-3-5-14(6-4-12)24-16(17,18)19/h3-6,13,20H,2,7-11H2,1H3,(H,21,23). The SMILES string of the molecule is CCCN(C(=O)Nc1ccc(OC(F)(F)F)cc1)C1CCNCC1. The molecule has 1 heterocycles. The van der Waals surface area contributed by atoms with Gasteiger partial charge in [0.15, 0.2) is 0 Å². The Morgan fingerprint density at radius 2 is 1.92 bits per heavy atom. The van der Waals surface area contributed by atoms with Gasteiger partial charge >= 0.3 is 12.4 Å². The molecular formula is C16H22F3N3O2. The Morgan fingerprint density at radius 1 is 1.29 bits per heavy atom. The maximum Gasteiger partial charge on any atom is 0.573 e. The topological polar surface area (TPSA) is 53.6 Å². The van der Waals surface area contributed by atoms with Gasteiger partial charge in [-0.25, -0.2) is 4.79 Å². The summed E-state index contributed by atoms with van der Waals surface area (Å²) in [6.07, 6.45) is -2.09. The number of nitrogens with zero attached hydrogens (tertiary/aromatic N) is 1. The summed E-state index contributed by atoms with van der Waals surface area (Å²) >= 11 is 0. The Balaban J connectivity index is 1.98. The van der Waals surface area contributed by atoms with Crippen molar-refractivity contribution in [1.82, 2.24) is 10.2 Å². The summed E-state index contributed by atoms with van der Waals surface area (Å²) in [4.78, 5) is 14.3. The van der Waals surface area contributed by atoms with E-state index in [1.54, 1.807) is 4.90 Å². The number of hydrogen-bond acceptors (Lipinski definition) is 3. The third-order valence-corrected chi connectivity index (χ3v) is 3.81. The van der Waals surface area contributed by atoms with Crippen molar-refractivity contribution >= 4 is 11.7 Å². The summed E-state index contributed by atoms with van der Waals surface area (Å²) in [7, 11) is 0. The molecule has 1 saturated heterocycles. The van der Waals surface area contributed by atoms with Crippen LogP contribution in [0.1, 0.15) is 26.2 Å². The van der Waals surface area contributed by atoms with Crippen molar-refractivity contribution in [3.63, 3.8) is 0 Å². The van der Waals surface area contributed by atoms with Crippen LogP contribution in [0.5, 0.6) is 5.75 Å². The lowest BCUT2D eigenvalue weighted by Gasteiger charge is -2.34. The van der Waals surface area contributed by atoms with Gasteiger partial charge in [-0.15, -0.1) is 13.2 Å². The second-order valence-corrected chi connectivity index (χ2v) is 5.68. The van der Waals surface area contributed by atoms with Gasteiger partial charge in [0, 0.05) is 18.3 Å². The Hall–Kier alpha value is -1.96. The van der Waals surface area contributed by atoms with Gasteiger partial charge in [-0.3, -0.25) is 0 Å². The lowest BCUT2D eigenvalue weighted by atomic mass is 10.0. The minimum atomic E-state index is -4.72. The van der Waals surface area contributed by atoms with Crippen LogP contribution in [0.15, 0.2) is 24.3 Å². The van der Waals surface area contributed by atoms with Crippen LogP contribution in [-0.4, -0.2) is 43.0 Å². The van der Waals surface area contributed by atoms with E-state index in [1.807, 2.05) is 6.92 Å². The molecule has 2 rings (SSSR count). The van der Waals surface area contributed by atoms with Crippen LogP contribution in [0.4, 0.5) is 23.7 Å². The molecule has 0 unspecified atom stereocenters. The van der Waals surface area contributed by atoms with E-state index >= 15 is 0 Å². The minimum absolute atomic E-state index is 0.180. The first-order valence-electron chi connectivity index (χ1n) is 8.03. The van der Waals surface area contributed by atoms with Gasteiger partial charge in [0.25, 0.3) is 0 Å². The highest BCUT2D eigenvalue weighted by Crippen LogP contribution is 2.24. The van der Waals surface area contributed by atoms with Crippen LogP contribution >= 0.6 is 0 Å². The molecule has 0 bridgehead atoms. The fourth-order valence-electron chi connectivity index (χ4n) is 2.74. The Labute approximate surface area is 139 Å². The van der Waals surface area contributed by atoms with Crippen molar-refractivity contribution in [3.8, 4) is 5.75 Å². The lowest BCUT2D eigenvalue weighted by molar-refractivity contribution is -0.274. The van der Waals surface area contributed by atoms with E-state index in [0.29, 0.717) is 12.2 Å². The lowest BCUT2D eigenvalue weighted by Crippen LogP contribution is -2.48. The van der Waals surface area contributed by atoms with Crippen molar-refractivity contribution in [3.05, 3.63) is 24.3 Å². The fourth-order valence-corrected chi connectivity index (χ4v) is 2.74. The molecule has 1 aliphatic rings. The highest BCUT2D eigenvalue weighted by molar-refractivity contribution is 5.89. The van der Waals surface area contributed by atoms with Gasteiger partial charge in [-0.2, -0.15) is 0 Å². The summed E-state index contributed by atoms with van der Waals surface area (Å²) in [6, 6.07) is 5.10. The van der Waals surface area contributed by atoms with E-state index in [1.165, 1.54) is 24.3 Å². The number of alkyl halides is 3. The summed E-state index contributed by atoms with van der Waals surface area (Å²) in [5, 5.41) is 6.00. The molecular weight excluding hydrogens is 323 g/mol. The van der Waals surface area contributed by atoms with Gasteiger partial charge in [0.05, 0.1) is 0 Å². The molecule has 0 atom stereocenters. The fraction of sp³-hybridized carbons (Fsp3) is 0.562. The van der Waals surface area contributed by atoms with Gasteiger partial charge in [0.2, 0.25) is 0 Å². The number of carbonyl (C=O) groups is 1. The number of ether oxygens (including phenoxy) is 1. The summed E-state index contributed by atoms with van der Waals surface area (Å²) in [6.45, 7) is 4.40. The van der Waals surface area contributed by atoms with Gasteiger partial charge in [-0.05, 0) is 56.6 Å². The van der Waals surface area contributed by atoms with Gasteiger partial charge in [-0.1, -0.05) is 6.92 Å². The molecule has 1 aromatic carbocycles. The number of amides is 2. The maximum atomic E-state index is 12.5. The third-order valence-electron chi connectivity index (χ3n) is 3.81. The second kappa shape index (κ2) is 8.23. The molecule has 0 spiro atoms. The largest absolute Gasteiger partial charge is 0.573 e. The monoisotopic (exact) mass is 345 g/mol. The van der Waals surface area contributed by atoms with Crippen molar-refractivity contribution in [1.29, 1.82) is 0 Å². The summed E-state index contributed by atoms with van der Waals surface area (Å²) in [5.41, 5.74) is 0.435. The molecule has 1 aromatic rings. The number of halogens is 3. The Kier molecular flexibility index (Phi) is 6.30. The Bertz CT molecular complexity index is 528. The van der Waals surface area contributed by atoms with Crippen LogP contribution in [0, 0.1) is 0 Å². The molecule has 0 saturated carbocycles. The number of urea groups is 1. The normalized spacial score (nSPS) is 15.8. The first kappa shape index (κ1) is 18.4. The number of piperidine rings is 1. The molecule has 134 valence electrons. The zero-order valence-corrected chi connectivity index (χ0v) is 13.5. The smallest absolute Gasteiger partial charge is 0.406 e. The zero-order valence-electron chi connectivity index (χ0n) is 13.5. The molecule has 0 radical (unpaired) electrons. The van der Waals surface area contributed by atoms with Crippen molar-refractivity contribution < 1.29 is 22.7 Å². The second-order valence-electron chi connectivity index (χ2n) is 5.68. The number of benzene rings is 1. The molecule has 5 nitrogen and oxygen atoms in total. The van der Waals surface area contributed by atoms with E-state index < -0.39 is 6.36 Å². The van der Waals surface area contributed by atoms with Crippen LogP contribution < -0.4 is 15.4 Å². The predicted molar refractivity (Wildman–Crippen MR) is 85.0 cm³/mol. The first-order chi connectivity index (χ1) is 11.4. The van der Waals surface area contributed by atoms with Crippen LogP contribution in [0.2, 0.25) is 0 Å². The van der Waals surface area contributed by atoms with Crippen LogP contribution in [-0.2, 0) is 0 Å². The quantitative estimate of drug-likeness (QED) is 0.858. The summed E-state index contributed by atoms with van der Waals surface area (Å²) < 4.78 is 40.2. The highest BCUT2D eigenvalue weighted by Gasteiger charge is 2.31. The molecule has 2 amide bonds. The third kappa shape index (κ3) is 5.59. The van der Waals surface area contributed by atoms with Crippen molar-refractivity contribution in [2.75, 3.05) is 25.0 Å². The Morgan fingerprint density at radius 3 is 2.46 bits per heavy atom. The van der Waals surface area contributed by atoms with Gasteiger partial charge < -0.3 is 20.3 Å². The number of anilines is 1. The molecule has 8 heteroatoms. The molecule has 2 N–H and O–H groups in total. The van der Waals surface area contributed by atoms with E-state index in [0.717, 1.165) is 32.4 Å². The van der Waals surface area contributed by atoms with Crippen molar-refractivity contribution in [2.24, 2.45) is 0 Å². The van der Waals surface area contributed by atoms with Crippen LogP contribution in [0.25, 0.3) is 0 Å². The predicted octanol–water partition coefficient (Wildman–Crippen LogP) is 3.58. The van der Waals surface area contributed by atoms with E-state index in [2.05, 4.69) is 15.4 Å². The van der Waals surface area contributed by atoms with E-state index in [9.17, 15) is 18.0 Å². The van der Waals surface area contributed by atoms with Crippen molar-refractivity contribution in [2.45, 2.75) is 38.6 Å². The van der Waals surface area contributed by atoms with Gasteiger partial charge in [0.1, 0.15) is 5.75 Å².